The van der Waals surface area contributed by atoms with Crippen LogP contribution in [0.4, 0.5) is 0 Å². The zero-order valence-corrected chi connectivity index (χ0v) is 15.1. The van der Waals surface area contributed by atoms with Crippen molar-refractivity contribution in [2.45, 2.75) is 6.42 Å². The molecule has 0 aromatic heterocycles. The van der Waals surface area contributed by atoms with Crippen LogP contribution in [0.1, 0.15) is 11.1 Å². The van der Waals surface area contributed by atoms with Crippen LogP contribution in [0, 0.1) is 0 Å². The van der Waals surface area contributed by atoms with Crippen LogP contribution in [-0.4, -0.2) is 0 Å². The Bertz CT molecular complexity index is 1150. The molecule has 0 heteroatoms. The molecular weight excluding hydrogens is 324 g/mol. The lowest BCUT2D eigenvalue weighted by Crippen LogP contribution is -1.77. The van der Waals surface area contributed by atoms with Gasteiger partial charge in [0, 0.05) is 0 Å². The summed E-state index contributed by atoms with van der Waals surface area (Å²) in [4.78, 5) is 0. The number of hydrogen-bond acceptors (Lipinski definition) is 0. The minimum atomic E-state index is 1.10. The van der Waals surface area contributed by atoms with E-state index in [0.29, 0.717) is 0 Å². The summed E-state index contributed by atoms with van der Waals surface area (Å²) in [5, 5.41) is 5.30. The van der Waals surface area contributed by atoms with Crippen LogP contribution in [0.5, 0.6) is 0 Å². The van der Waals surface area contributed by atoms with Crippen LogP contribution < -0.4 is 0 Å². The van der Waals surface area contributed by atoms with Crippen molar-refractivity contribution in [3.05, 3.63) is 120 Å². The lowest BCUT2D eigenvalue weighted by molar-refractivity contribution is 1.26. The van der Waals surface area contributed by atoms with Crippen molar-refractivity contribution in [2.75, 3.05) is 0 Å². The van der Waals surface area contributed by atoms with E-state index < -0.39 is 0 Å². The SMILES string of the molecule is c1ccc2c(c1)Cc1ccccc1-2.c1ccc2c(c1)ccc1ccccc12. The highest BCUT2D eigenvalue weighted by Gasteiger charge is 2.15. The number of hydrogen-bond donors (Lipinski definition) is 0. The van der Waals surface area contributed by atoms with Crippen molar-refractivity contribution in [2.24, 2.45) is 0 Å². The van der Waals surface area contributed by atoms with Gasteiger partial charge in [-0.2, -0.15) is 0 Å². The molecule has 5 aromatic rings. The molecular formula is C27H20. The molecule has 0 atom stereocenters. The van der Waals surface area contributed by atoms with Crippen LogP contribution in [0.25, 0.3) is 32.7 Å². The number of benzene rings is 5. The predicted molar refractivity (Wildman–Crippen MR) is 116 cm³/mol. The van der Waals surface area contributed by atoms with Gasteiger partial charge < -0.3 is 0 Å². The normalized spacial score (nSPS) is 11.6. The summed E-state index contributed by atoms with van der Waals surface area (Å²) in [6.45, 7) is 0. The maximum absolute atomic E-state index is 2.22. The van der Waals surface area contributed by atoms with Gasteiger partial charge in [0.2, 0.25) is 0 Å². The Morgan fingerprint density at radius 3 is 1.30 bits per heavy atom. The third-order valence-electron chi connectivity index (χ3n) is 5.36. The Hall–Kier alpha value is -3.38. The Labute approximate surface area is 159 Å². The van der Waals surface area contributed by atoms with Crippen LogP contribution >= 0.6 is 0 Å². The van der Waals surface area contributed by atoms with Gasteiger partial charge in [-0.05, 0) is 50.2 Å². The lowest BCUT2D eigenvalue weighted by atomic mass is 10.0. The van der Waals surface area contributed by atoms with Crippen molar-refractivity contribution in [3.63, 3.8) is 0 Å². The fraction of sp³-hybridized carbons (Fsp3) is 0.0370. The molecule has 0 unspecified atom stereocenters. The molecule has 0 saturated heterocycles. The van der Waals surface area contributed by atoms with Gasteiger partial charge in [0.25, 0.3) is 0 Å². The van der Waals surface area contributed by atoms with Gasteiger partial charge in [-0.15, -0.1) is 0 Å². The minimum absolute atomic E-state index is 1.10. The van der Waals surface area contributed by atoms with Crippen molar-refractivity contribution < 1.29 is 0 Å². The second kappa shape index (κ2) is 6.74. The van der Waals surface area contributed by atoms with Gasteiger partial charge in [-0.25, -0.2) is 0 Å². The van der Waals surface area contributed by atoms with Crippen LogP contribution in [0.2, 0.25) is 0 Å². The Kier molecular flexibility index (Phi) is 3.95. The first-order valence-corrected chi connectivity index (χ1v) is 9.43. The van der Waals surface area contributed by atoms with E-state index in [-0.39, 0.29) is 0 Å². The van der Waals surface area contributed by atoms with E-state index in [1.54, 1.807) is 0 Å². The van der Waals surface area contributed by atoms with E-state index in [4.69, 9.17) is 0 Å². The van der Waals surface area contributed by atoms with Crippen LogP contribution in [0.15, 0.2) is 109 Å². The van der Waals surface area contributed by atoms with E-state index in [0.717, 1.165) is 6.42 Å². The number of fused-ring (bicyclic) bond motifs is 6. The molecule has 0 nitrogen and oxygen atoms in total. The minimum Gasteiger partial charge on any atom is -0.0619 e. The zero-order valence-electron chi connectivity index (χ0n) is 15.1. The van der Waals surface area contributed by atoms with Gasteiger partial charge >= 0.3 is 0 Å². The highest BCUT2D eigenvalue weighted by atomic mass is 14.2. The summed E-state index contributed by atoms with van der Waals surface area (Å²) in [6, 6.07) is 38.7. The zero-order chi connectivity index (χ0) is 18.1. The van der Waals surface area contributed by atoms with E-state index in [1.165, 1.54) is 43.8 Å². The van der Waals surface area contributed by atoms with Gasteiger partial charge in [0.05, 0.1) is 0 Å². The third kappa shape index (κ3) is 2.90. The summed E-state index contributed by atoms with van der Waals surface area (Å²) in [5.74, 6) is 0. The standard InChI is InChI=1S/C14H10.C13H10/c1-3-7-13-11(5-1)9-10-12-6-2-4-8-14(12)13;1-3-7-12-10(5-1)9-11-6-2-4-8-13(11)12/h1-10H;1-8H,9H2. The summed E-state index contributed by atoms with van der Waals surface area (Å²) >= 11 is 0. The molecule has 0 spiro atoms. The molecule has 27 heavy (non-hydrogen) atoms. The van der Waals surface area contributed by atoms with Gasteiger partial charge in [-0.1, -0.05) is 109 Å². The first-order chi connectivity index (χ1) is 13.4. The fourth-order valence-electron chi connectivity index (χ4n) is 4.03. The number of rotatable bonds is 0. The highest BCUT2D eigenvalue weighted by Crippen LogP contribution is 2.35. The van der Waals surface area contributed by atoms with Crippen LogP contribution in [0.3, 0.4) is 0 Å². The quantitative estimate of drug-likeness (QED) is 0.255. The summed E-state index contributed by atoms with van der Waals surface area (Å²) in [5.41, 5.74) is 5.75. The molecule has 5 aromatic carbocycles. The van der Waals surface area contributed by atoms with Gasteiger partial charge in [0.1, 0.15) is 0 Å². The van der Waals surface area contributed by atoms with Crippen molar-refractivity contribution in [1.82, 2.24) is 0 Å². The first kappa shape index (κ1) is 15.8. The van der Waals surface area contributed by atoms with Crippen molar-refractivity contribution >= 4 is 21.5 Å². The van der Waals surface area contributed by atoms with Gasteiger partial charge in [-0.3, -0.25) is 0 Å². The summed E-state index contributed by atoms with van der Waals surface area (Å²) < 4.78 is 0. The van der Waals surface area contributed by atoms with Crippen LogP contribution in [-0.2, 0) is 6.42 Å². The Balaban J connectivity index is 0.000000119. The third-order valence-corrected chi connectivity index (χ3v) is 5.36. The van der Waals surface area contributed by atoms with Crippen molar-refractivity contribution in [3.8, 4) is 11.1 Å². The van der Waals surface area contributed by atoms with E-state index in [9.17, 15) is 0 Å². The van der Waals surface area contributed by atoms with Crippen molar-refractivity contribution in [1.29, 1.82) is 0 Å². The molecule has 0 aliphatic heterocycles. The monoisotopic (exact) mass is 344 g/mol. The molecule has 0 radical (unpaired) electrons. The van der Waals surface area contributed by atoms with E-state index >= 15 is 0 Å². The molecule has 0 amide bonds. The molecule has 6 rings (SSSR count). The summed E-state index contributed by atoms with van der Waals surface area (Å²) in [7, 11) is 0. The average Bonchev–Trinajstić information content (AvgIpc) is 3.13. The molecule has 0 fully saturated rings. The fourth-order valence-corrected chi connectivity index (χ4v) is 4.03. The Morgan fingerprint density at radius 2 is 0.778 bits per heavy atom. The molecule has 0 N–H and O–H groups in total. The maximum atomic E-state index is 2.22. The summed E-state index contributed by atoms with van der Waals surface area (Å²) in [6.07, 6.45) is 1.10. The molecule has 1 aliphatic carbocycles. The molecule has 0 heterocycles. The predicted octanol–water partition coefficient (Wildman–Crippen LogP) is 7.25. The second-order valence-electron chi connectivity index (χ2n) is 7.00. The highest BCUT2D eigenvalue weighted by molar-refractivity contribution is 6.07. The smallest absolute Gasteiger partial charge is 0.00135 e. The molecule has 0 bridgehead atoms. The van der Waals surface area contributed by atoms with E-state index in [2.05, 4.69) is 109 Å². The maximum Gasteiger partial charge on any atom is -0.00135 e. The molecule has 0 saturated carbocycles. The molecule has 128 valence electrons. The van der Waals surface area contributed by atoms with Gasteiger partial charge in [0.15, 0.2) is 0 Å². The largest absolute Gasteiger partial charge is 0.0619 e. The first-order valence-electron chi connectivity index (χ1n) is 9.43. The lowest BCUT2D eigenvalue weighted by Gasteiger charge is -2.02. The average molecular weight is 344 g/mol. The Morgan fingerprint density at radius 1 is 0.370 bits per heavy atom. The van der Waals surface area contributed by atoms with E-state index in [1.807, 2.05) is 0 Å². The topological polar surface area (TPSA) is 0 Å². The molecule has 1 aliphatic rings. The second-order valence-corrected chi connectivity index (χ2v) is 7.00.